The molecule has 0 fully saturated rings. The van der Waals surface area contributed by atoms with Gasteiger partial charge in [0, 0.05) is 0 Å². The van der Waals surface area contributed by atoms with Crippen molar-refractivity contribution in [2.75, 3.05) is 7.11 Å². The molecule has 130 valence electrons. The molecule has 0 aliphatic rings. The molecule has 0 spiro atoms. The molecule has 0 saturated heterocycles. The van der Waals surface area contributed by atoms with Crippen LogP contribution in [0.25, 0.3) is 6.08 Å². The summed E-state index contributed by atoms with van der Waals surface area (Å²) in [6, 6.07) is 9.68. The molecule has 0 aliphatic heterocycles. The van der Waals surface area contributed by atoms with Crippen LogP contribution < -0.4 is 4.74 Å². The Morgan fingerprint density at radius 1 is 0.875 bits per heavy atom. The zero-order chi connectivity index (χ0) is 18.4. The molecule has 24 heavy (non-hydrogen) atoms. The summed E-state index contributed by atoms with van der Waals surface area (Å²) >= 11 is 33.7. The van der Waals surface area contributed by atoms with Crippen molar-refractivity contribution in [3.8, 4) is 5.75 Å². The first-order chi connectivity index (χ1) is 11.1. The SMILES string of the molecule is C=Cc1nc(C(Cl)(Cl)Cl)nc(C(Cl)(Cl)Cl)n1.COc1ccccc1. The molecule has 10 heteroatoms. The second-order valence-electron chi connectivity index (χ2n) is 4.06. The van der Waals surface area contributed by atoms with Crippen molar-refractivity contribution < 1.29 is 4.74 Å². The summed E-state index contributed by atoms with van der Waals surface area (Å²) < 4.78 is 1.26. The molecule has 2 aromatic rings. The Hall–Kier alpha value is -0.490. The van der Waals surface area contributed by atoms with Gasteiger partial charge in [-0.05, 0) is 18.2 Å². The van der Waals surface area contributed by atoms with E-state index in [4.69, 9.17) is 74.3 Å². The van der Waals surface area contributed by atoms with E-state index < -0.39 is 7.59 Å². The Kier molecular flexibility index (Phi) is 8.33. The highest BCUT2D eigenvalue weighted by atomic mass is 35.6. The smallest absolute Gasteiger partial charge is 0.250 e. The fraction of sp³-hybridized carbons (Fsp3) is 0.214. The molecule has 0 atom stereocenters. The molecule has 0 saturated carbocycles. The van der Waals surface area contributed by atoms with Gasteiger partial charge >= 0.3 is 0 Å². The third kappa shape index (κ3) is 7.18. The highest BCUT2D eigenvalue weighted by molar-refractivity contribution is 6.67. The summed E-state index contributed by atoms with van der Waals surface area (Å²) in [5.41, 5.74) is 0. The predicted octanol–water partition coefficient (Wildman–Crippen LogP) is 5.86. The Morgan fingerprint density at radius 3 is 1.62 bits per heavy atom. The van der Waals surface area contributed by atoms with E-state index in [1.54, 1.807) is 7.11 Å². The third-order valence-corrected chi connectivity index (χ3v) is 3.34. The number of halogens is 6. The average molecular weight is 450 g/mol. The molecule has 0 unspecified atom stereocenters. The lowest BCUT2D eigenvalue weighted by atomic mass is 10.3. The highest BCUT2D eigenvalue weighted by Crippen LogP contribution is 2.39. The number of benzene rings is 1. The lowest BCUT2D eigenvalue weighted by Crippen LogP contribution is -2.16. The van der Waals surface area contributed by atoms with Crippen molar-refractivity contribution in [1.82, 2.24) is 15.0 Å². The minimum absolute atomic E-state index is 0.135. The molecule has 0 bridgehead atoms. The Balaban J connectivity index is 0.000000300. The molecule has 1 heterocycles. The van der Waals surface area contributed by atoms with Gasteiger partial charge in [-0.3, -0.25) is 0 Å². The van der Waals surface area contributed by atoms with E-state index in [0.29, 0.717) is 0 Å². The number of nitrogens with zero attached hydrogens (tertiary/aromatic N) is 3. The fourth-order valence-electron chi connectivity index (χ4n) is 1.29. The van der Waals surface area contributed by atoms with Crippen molar-refractivity contribution in [2.45, 2.75) is 7.59 Å². The average Bonchev–Trinajstić information content (AvgIpc) is 2.54. The van der Waals surface area contributed by atoms with E-state index in [0.717, 1.165) is 5.75 Å². The van der Waals surface area contributed by atoms with Gasteiger partial charge in [-0.1, -0.05) is 94.4 Å². The van der Waals surface area contributed by atoms with Crippen molar-refractivity contribution >= 4 is 75.7 Å². The minimum Gasteiger partial charge on any atom is -0.497 e. The molecule has 0 radical (unpaired) electrons. The first-order valence-corrected chi connectivity index (χ1v) is 8.46. The summed E-state index contributed by atoms with van der Waals surface area (Å²) in [4.78, 5) is 11.4. The second-order valence-corrected chi connectivity index (χ2v) is 8.62. The Morgan fingerprint density at radius 2 is 1.33 bits per heavy atom. The number of hydrogen-bond donors (Lipinski definition) is 0. The van der Waals surface area contributed by atoms with Gasteiger partial charge in [0.1, 0.15) is 5.75 Å². The predicted molar refractivity (Wildman–Crippen MR) is 101 cm³/mol. The highest BCUT2D eigenvalue weighted by Gasteiger charge is 2.33. The van der Waals surface area contributed by atoms with Gasteiger partial charge in [0.05, 0.1) is 7.11 Å². The third-order valence-electron chi connectivity index (χ3n) is 2.32. The zero-order valence-electron chi connectivity index (χ0n) is 12.2. The maximum atomic E-state index is 5.62. The van der Waals surface area contributed by atoms with E-state index >= 15 is 0 Å². The van der Waals surface area contributed by atoms with Crippen molar-refractivity contribution in [1.29, 1.82) is 0 Å². The summed E-state index contributed by atoms with van der Waals surface area (Å²) in [5.74, 6) is 0.789. The second kappa shape index (κ2) is 9.27. The van der Waals surface area contributed by atoms with Gasteiger partial charge in [0.15, 0.2) is 17.5 Å². The molecule has 1 aromatic heterocycles. The van der Waals surface area contributed by atoms with Crippen LogP contribution >= 0.6 is 69.6 Å². The number of rotatable bonds is 2. The van der Waals surface area contributed by atoms with Crippen LogP contribution in [0.3, 0.4) is 0 Å². The topological polar surface area (TPSA) is 47.9 Å². The number of para-hydroxylation sites is 1. The summed E-state index contributed by atoms with van der Waals surface area (Å²) in [5, 5.41) is 0. The standard InChI is InChI=1S/C7H3Cl6N3.C7H8O/c1-2-3-14-4(6(8,9)10)16-5(15-3)7(11,12)13;1-8-7-5-3-2-4-6-7/h2H,1H2;2-6H,1H3. The number of hydrogen-bond acceptors (Lipinski definition) is 4. The Labute approximate surface area is 169 Å². The van der Waals surface area contributed by atoms with Crippen molar-refractivity contribution in [2.24, 2.45) is 0 Å². The van der Waals surface area contributed by atoms with Gasteiger partial charge in [-0.2, -0.15) is 0 Å². The molecule has 2 rings (SSSR count). The quantitative estimate of drug-likeness (QED) is 0.538. The largest absolute Gasteiger partial charge is 0.497 e. The van der Waals surface area contributed by atoms with E-state index in [1.165, 1.54) is 6.08 Å². The molecule has 0 amide bonds. The Bertz CT molecular complexity index is 638. The lowest BCUT2D eigenvalue weighted by molar-refractivity contribution is 0.415. The van der Waals surface area contributed by atoms with Gasteiger partial charge in [0.25, 0.3) is 0 Å². The van der Waals surface area contributed by atoms with Crippen LogP contribution in [-0.2, 0) is 7.59 Å². The van der Waals surface area contributed by atoms with Gasteiger partial charge < -0.3 is 4.74 Å². The molecule has 1 aromatic carbocycles. The summed E-state index contributed by atoms with van der Waals surface area (Å²) in [6.45, 7) is 3.47. The van der Waals surface area contributed by atoms with E-state index in [1.807, 2.05) is 30.3 Å². The molecular weight excluding hydrogens is 439 g/mol. The monoisotopic (exact) mass is 447 g/mol. The first-order valence-electron chi connectivity index (χ1n) is 6.20. The lowest BCUT2D eigenvalue weighted by Gasteiger charge is -2.14. The van der Waals surface area contributed by atoms with E-state index in [2.05, 4.69) is 21.5 Å². The molecule has 0 aliphatic carbocycles. The maximum Gasteiger partial charge on any atom is 0.250 e. The fourth-order valence-corrected chi connectivity index (χ4v) is 1.80. The molecule has 0 N–H and O–H groups in total. The number of ether oxygens (including phenoxy) is 1. The minimum atomic E-state index is -1.83. The number of aromatic nitrogens is 3. The van der Waals surface area contributed by atoms with Crippen LogP contribution in [0, 0.1) is 0 Å². The van der Waals surface area contributed by atoms with Crippen LogP contribution in [0.5, 0.6) is 5.75 Å². The van der Waals surface area contributed by atoms with Crippen LogP contribution in [0.1, 0.15) is 17.5 Å². The number of alkyl halides is 6. The van der Waals surface area contributed by atoms with E-state index in [9.17, 15) is 0 Å². The zero-order valence-corrected chi connectivity index (χ0v) is 16.7. The van der Waals surface area contributed by atoms with Gasteiger partial charge in [-0.25, -0.2) is 15.0 Å². The molecular formula is C14H11Cl6N3O. The van der Waals surface area contributed by atoms with Crippen LogP contribution in [0.4, 0.5) is 0 Å². The van der Waals surface area contributed by atoms with Crippen molar-refractivity contribution in [3.63, 3.8) is 0 Å². The van der Waals surface area contributed by atoms with Crippen LogP contribution in [0.2, 0.25) is 0 Å². The maximum absolute atomic E-state index is 5.62. The molecule has 4 nitrogen and oxygen atoms in total. The summed E-state index contributed by atoms with van der Waals surface area (Å²) in [6.07, 6.45) is 1.32. The van der Waals surface area contributed by atoms with Crippen LogP contribution in [-0.4, -0.2) is 22.1 Å². The van der Waals surface area contributed by atoms with Crippen LogP contribution in [0.15, 0.2) is 36.9 Å². The first kappa shape index (κ1) is 21.6. The van der Waals surface area contributed by atoms with Crippen molar-refractivity contribution in [3.05, 3.63) is 54.4 Å². The summed E-state index contributed by atoms with van der Waals surface area (Å²) in [7, 11) is 1.66. The number of methoxy groups -OCH3 is 1. The normalized spacial score (nSPS) is 11.3. The van der Waals surface area contributed by atoms with E-state index in [-0.39, 0.29) is 17.5 Å². The van der Waals surface area contributed by atoms with Gasteiger partial charge in [-0.15, -0.1) is 0 Å². The van der Waals surface area contributed by atoms with Gasteiger partial charge in [0.2, 0.25) is 7.59 Å².